The molecule has 0 aliphatic carbocycles. The maximum atomic E-state index is 12.7. The number of carbonyl (C=O) groups excluding carboxylic acids is 1. The van der Waals surface area contributed by atoms with Crippen molar-refractivity contribution < 1.29 is 4.79 Å². The largest absolute Gasteiger partial charge is 0.370 e. The molecule has 126 valence electrons. The molecule has 0 bridgehead atoms. The minimum Gasteiger partial charge on any atom is -0.370 e. The molecule has 3 rings (SSSR count). The molecule has 0 radical (unpaired) electrons. The molecule has 2 N–H and O–H groups in total. The zero-order valence-corrected chi connectivity index (χ0v) is 14.2. The van der Waals surface area contributed by atoms with E-state index >= 15 is 0 Å². The van der Waals surface area contributed by atoms with Crippen molar-refractivity contribution in [3.05, 3.63) is 24.3 Å². The van der Waals surface area contributed by atoms with Gasteiger partial charge in [-0.1, -0.05) is 25.0 Å². The Bertz CT molecular complexity index is 523. The third-order valence-corrected chi connectivity index (χ3v) is 5.10. The lowest BCUT2D eigenvalue weighted by molar-refractivity contribution is -0.120. The highest BCUT2D eigenvalue weighted by Gasteiger charge is 2.25. The number of hydrogen-bond donors (Lipinski definition) is 2. The van der Waals surface area contributed by atoms with Gasteiger partial charge in [-0.15, -0.1) is 0 Å². The van der Waals surface area contributed by atoms with E-state index in [1.165, 1.54) is 31.4 Å². The van der Waals surface area contributed by atoms with Gasteiger partial charge in [0, 0.05) is 25.0 Å². The normalized spacial score (nSPS) is 25.7. The van der Waals surface area contributed by atoms with Gasteiger partial charge in [-0.25, -0.2) is 0 Å². The molecule has 4 nitrogen and oxygen atoms in total. The number of piperidine rings is 1. The number of carbonyl (C=O) groups is 1. The standard InChI is InChI=1S/C19H29N3O/c1-15-14-16(10-11-20-15)19(23)21-17-8-4-5-9-18(17)22-12-6-2-3-7-13-22/h4-5,8-9,15-16,20H,2-3,6-7,10-14H2,1H3,(H,21,23)/t15-,16-/m0/s1. The lowest BCUT2D eigenvalue weighted by Gasteiger charge is -2.29. The summed E-state index contributed by atoms with van der Waals surface area (Å²) in [7, 11) is 0. The first kappa shape index (κ1) is 16.3. The van der Waals surface area contributed by atoms with Gasteiger partial charge >= 0.3 is 0 Å². The van der Waals surface area contributed by atoms with E-state index in [9.17, 15) is 4.79 Å². The van der Waals surface area contributed by atoms with Gasteiger partial charge in [-0.2, -0.15) is 0 Å². The summed E-state index contributed by atoms with van der Waals surface area (Å²) < 4.78 is 0. The first-order valence-electron chi connectivity index (χ1n) is 9.12. The summed E-state index contributed by atoms with van der Waals surface area (Å²) in [5.41, 5.74) is 2.16. The fourth-order valence-electron chi connectivity index (χ4n) is 3.77. The van der Waals surface area contributed by atoms with Crippen LogP contribution in [0.5, 0.6) is 0 Å². The average Bonchev–Trinajstić information content (AvgIpc) is 2.84. The molecule has 4 heteroatoms. The number of para-hydroxylation sites is 2. The minimum absolute atomic E-state index is 0.128. The molecule has 23 heavy (non-hydrogen) atoms. The molecule has 0 spiro atoms. The van der Waals surface area contributed by atoms with Crippen LogP contribution >= 0.6 is 0 Å². The quantitative estimate of drug-likeness (QED) is 0.898. The average molecular weight is 315 g/mol. The first-order valence-corrected chi connectivity index (χ1v) is 9.12. The lowest BCUT2D eigenvalue weighted by atomic mass is 9.92. The third kappa shape index (κ3) is 4.25. The van der Waals surface area contributed by atoms with Gasteiger partial charge < -0.3 is 15.5 Å². The lowest BCUT2D eigenvalue weighted by Crippen LogP contribution is -2.40. The van der Waals surface area contributed by atoms with Crippen LogP contribution in [-0.2, 0) is 4.79 Å². The fraction of sp³-hybridized carbons (Fsp3) is 0.632. The predicted molar refractivity (Wildman–Crippen MR) is 95.9 cm³/mol. The summed E-state index contributed by atoms with van der Waals surface area (Å²) in [5, 5.41) is 6.62. The molecular weight excluding hydrogens is 286 g/mol. The summed E-state index contributed by atoms with van der Waals surface area (Å²) in [6.07, 6.45) is 6.98. The van der Waals surface area contributed by atoms with Crippen LogP contribution < -0.4 is 15.5 Å². The maximum Gasteiger partial charge on any atom is 0.227 e. The Labute approximate surface area is 139 Å². The fourth-order valence-corrected chi connectivity index (χ4v) is 3.77. The third-order valence-electron chi connectivity index (χ3n) is 5.10. The number of anilines is 2. The van der Waals surface area contributed by atoms with Crippen LogP contribution in [0.1, 0.15) is 45.4 Å². The molecule has 2 heterocycles. The number of nitrogens with one attached hydrogen (secondary N) is 2. The molecule has 1 aromatic rings. The van der Waals surface area contributed by atoms with Crippen LogP contribution in [0.25, 0.3) is 0 Å². The molecule has 2 aliphatic heterocycles. The second-order valence-electron chi connectivity index (χ2n) is 6.98. The SMILES string of the molecule is C[C@H]1C[C@@H](C(=O)Nc2ccccc2N2CCCCCC2)CCN1. The molecular formula is C19H29N3O. The molecule has 0 aromatic heterocycles. The number of nitrogens with zero attached hydrogens (tertiary/aromatic N) is 1. The van der Waals surface area contributed by atoms with Crippen molar-refractivity contribution in [2.24, 2.45) is 5.92 Å². The van der Waals surface area contributed by atoms with E-state index < -0.39 is 0 Å². The Morgan fingerprint density at radius 3 is 2.65 bits per heavy atom. The number of benzene rings is 1. The number of hydrogen-bond acceptors (Lipinski definition) is 3. The van der Waals surface area contributed by atoms with E-state index in [0.29, 0.717) is 6.04 Å². The van der Waals surface area contributed by atoms with Crippen molar-refractivity contribution in [1.29, 1.82) is 0 Å². The van der Waals surface area contributed by atoms with E-state index in [1.54, 1.807) is 0 Å². The zero-order chi connectivity index (χ0) is 16.1. The smallest absolute Gasteiger partial charge is 0.227 e. The highest BCUT2D eigenvalue weighted by Crippen LogP contribution is 2.29. The van der Waals surface area contributed by atoms with E-state index in [1.807, 2.05) is 12.1 Å². The van der Waals surface area contributed by atoms with Crippen LogP contribution in [0.4, 0.5) is 11.4 Å². The molecule has 1 aromatic carbocycles. The van der Waals surface area contributed by atoms with Gasteiger partial charge in [0.05, 0.1) is 11.4 Å². The molecule has 2 fully saturated rings. The molecule has 0 unspecified atom stereocenters. The van der Waals surface area contributed by atoms with Gasteiger partial charge in [-0.3, -0.25) is 4.79 Å². The van der Waals surface area contributed by atoms with Crippen molar-refractivity contribution in [1.82, 2.24) is 5.32 Å². The molecule has 2 saturated heterocycles. The van der Waals surface area contributed by atoms with Crippen LogP contribution in [-0.4, -0.2) is 31.6 Å². The van der Waals surface area contributed by atoms with Gasteiger partial charge in [0.2, 0.25) is 5.91 Å². The first-order chi connectivity index (χ1) is 11.2. The number of rotatable bonds is 3. The highest BCUT2D eigenvalue weighted by atomic mass is 16.1. The van der Waals surface area contributed by atoms with Crippen LogP contribution in [0, 0.1) is 5.92 Å². The van der Waals surface area contributed by atoms with Crippen LogP contribution in [0.2, 0.25) is 0 Å². The Morgan fingerprint density at radius 2 is 1.91 bits per heavy atom. The summed E-state index contributed by atoms with van der Waals surface area (Å²) in [6, 6.07) is 8.71. The van der Waals surface area contributed by atoms with E-state index in [-0.39, 0.29) is 11.8 Å². The van der Waals surface area contributed by atoms with Crippen LogP contribution in [0.15, 0.2) is 24.3 Å². The minimum atomic E-state index is 0.128. The van der Waals surface area contributed by atoms with Crippen LogP contribution in [0.3, 0.4) is 0 Å². The van der Waals surface area contributed by atoms with Crippen molar-refractivity contribution in [2.75, 3.05) is 29.9 Å². The summed E-state index contributed by atoms with van der Waals surface area (Å²) >= 11 is 0. The Morgan fingerprint density at radius 1 is 1.17 bits per heavy atom. The van der Waals surface area contributed by atoms with E-state index in [2.05, 4.69) is 34.6 Å². The van der Waals surface area contributed by atoms with Gasteiger partial charge in [0.15, 0.2) is 0 Å². The topological polar surface area (TPSA) is 44.4 Å². The predicted octanol–water partition coefficient (Wildman–Crippen LogP) is 3.39. The second-order valence-corrected chi connectivity index (χ2v) is 6.98. The summed E-state index contributed by atoms with van der Waals surface area (Å²) in [6.45, 7) is 5.28. The Kier molecular flexibility index (Phi) is 5.55. The second kappa shape index (κ2) is 7.82. The van der Waals surface area contributed by atoms with Gasteiger partial charge in [0.1, 0.15) is 0 Å². The molecule has 2 aliphatic rings. The molecule has 0 saturated carbocycles. The molecule has 1 amide bonds. The number of amides is 1. The monoisotopic (exact) mass is 315 g/mol. The van der Waals surface area contributed by atoms with Crippen molar-refractivity contribution in [3.63, 3.8) is 0 Å². The van der Waals surface area contributed by atoms with Crippen molar-refractivity contribution in [3.8, 4) is 0 Å². The van der Waals surface area contributed by atoms with E-state index in [4.69, 9.17) is 0 Å². The summed E-state index contributed by atoms with van der Waals surface area (Å²) in [4.78, 5) is 15.1. The Balaban J connectivity index is 1.70. The highest BCUT2D eigenvalue weighted by molar-refractivity contribution is 5.96. The Hall–Kier alpha value is -1.55. The maximum absolute atomic E-state index is 12.7. The van der Waals surface area contributed by atoms with Crippen molar-refractivity contribution >= 4 is 17.3 Å². The zero-order valence-electron chi connectivity index (χ0n) is 14.2. The van der Waals surface area contributed by atoms with Gasteiger partial charge in [0.25, 0.3) is 0 Å². The van der Waals surface area contributed by atoms with Crippen molar-refractivity contribution in [2.45, 2.75) is 51.5 Å². The molecule has 2 atom stereocenters. The summed E-state index contributed by atoms with van der Waals surface area (Å²) in [5.74, 6) is 0.309. The van der Waals surface area contributed by atoms with E-state index in [0.717, 1.165) is 38.2 Å². The van der Waals surface area contributed by atoms with Gasteiger partial charge in [-0.05, 0) is 51.3 Å².